The number of nitrogens with one attached hydrogen (secondary N) is 1. The molecule has 1 atom stereocenters. The molecule has 1 aliphatic heterocycles. The van der Waals surface area contributed by atoms with Crippen molar-refractivity contribution in [3.05, 3.63) is 45.1 Å². The Kier molecular flexibility index (Phi) is 4.57. The fourth-order valence-corrected chi connectivity index (χ4v) is 3.02. The number of carbonyl (C=O) groups excluding carboxylic acids is 1. The van der Waals surface area contributed by atoms with Crippen molar-refractivity contribution < 1.29 is 14.3 Å². The first kappa shape index (κ1) is 14.6. The lowest BCUT2D eigenvalue weighted by molar-refractivity contribution is -0.115. The summed E-state index contributed by atoms with van der Waals surface area (Å²) in [5.74, 6) is 0.728. The van der Waals surface area contributed by atoms with Crippen molar-refractivity contribution in [3.63, 3.8) is 0 Å². The Morgan fingerprint density at radius 2 is 2.33 bits per heavy atom. The molecule has 0 spiro atoms. The molecule has 21 heavy (non-hydrogen) atoms. The van der Waals surface area contributed by atoms with Gasteiger partial charge in [-0.25, -0.2) is 0 Å². The van der Waals surface area contributed by atoms with Gasteiger partial charge in [0, 0.05) is 10.6 Å². The zero-order chi connectivity index (χ0) is 14.7. The Morgan fingerprint density at radius 1 is 1.48 bits per heavy atom. The van der Waals surface area contributed by atoms with Crippen LogP contribution < -0.4 is 10.1 Å². The molecule has 0 aliphatic carbocycles. The number of epoxide rings is 1. The molecule has 1 unspecified atom stereocenters. The Hall–Kier alpha value is -1.37. The molecule has 0 bridgehead atoms. The highest BCUT2D eigenvalue weighted by molar-refractivity contribution is 9.10. The smallest absolute Gasteiger partial charge is 0.229 e. The van der Waals surface area contributed by atoms with Crippen LogP contribution in [0.25, 0.3) is 0 Å². The van der Waals surface area contributed by atoms with Gasteiger partial charge in [0.1, 0.15) is 18.5 Å². The lowest BCUT2D eigenvalue weighted by atomic mass is 10.2. The van der Waals surface area contributed by atoms with Crippen LogP contribution >= 0.6 is 27.3 Å². The number of amides is 1. The third kappa shape index (κ3) is 4.30. The van der Waals surface area contributed by atoms with Gasteiger partial charge >= 0.3 is 0 Å². The van der Waals surface area contributed by atoms with Crippen LogP contribution in [0.4, 0.5) is 5.69 Å². The van der Waals surface area contributed by atoms with E-state index in [1.807, 2.05) is 35.7 Å². The summed E-state index contributed by atoms with van der Waals surface area (Å²) < 4.78 is 11.5. The quantitative estimate of drug-likeness (QED) is 0.795. The van der Waals surface area contributed by atoms with Crippen molar-refractivity contribution in [2.75, 3.05) is 18.5 Å². The number of benzene rings is 1. The molecule has 4 nitrogen and oxygen atoms in total. The molecule has 0 saturated carbocycles. The van der Waals surface area contributed by atoms with Gasteiger partial charge in [0.25, 0.3) is 0 Å². The van der Waals surface area contributed by atoms with Crippen LogP contribution in [0.15, 0.2) is 40.2 Å². The standard InChI is InChI=1S/C15H14BrNO3S/c16-13-6-10(3-4-14(13)20-9-11-8-19-11)17-15(18)7-12-2-1-5-21-12/h1-6,11H,7-9H2,(H,17,18). The molecule has 1 fully saturated rings. The van der Waals surface area contributed by atoms with Crippen molar-refractivity contribution in [3.8, 4) is 5.75 Å². The maximum Gasteiger partial charge on any atom is 0.229 e. The van der Waals surface area contributed by atoms with E-state index in [0.717, 1.165) is 27.4 Å². The fraction of sp³-hybridized carbons (Fsp3) is 0.267. The lowest BCUT2D eigenvalue weighted by Crippen LogP contribution is -2.13. The van der Waals surface area contributed by atoms with Crippen molar-refractivity contribution in [2.24, 2.45) is 0 Å². The van der Waals surface area contributed by atoms with E-state index in [-0.39, 0.29) is 12.0 Å². The second-order valence-corrected chi connectivity index (χ2v) is 6.60. The molecule has 2 aromatic rings. The van der Waals surface area contributed by atoms with Gasteiger partial charge in [-0.3, -0.25) is 4.79 Å². The monoisotopic (exact) mass is 367 g/mol. The third-order valence-electron chi connectivity index (χ3n) is 2.96. The molecule has 1 aliphatic rings. The molecule has 1 aromatic carbocycles. The highest BCUT2D eigenvalue weighted by Crippen LogP contribution is 2.29. The van der Waals surface area contributed by atoms with Gasteiger partial charge in [-0.1, -0.05) is 6.07 Å². The van der Waals surface area contributed by atoms with Crippen LogP contribution in [-0.2, 0) is 16.0 Å². The molecule has 1 N–H and O–H groups in total. The first-order valence-corrected chi connectivity index (χ1v) is 8.24. The summed E-state index contributed by atoms with van der Waals surface area (Å²) in [5.41, 5.74) is 0.749. The van der Waals surface area contributed by atoms with E-state index < -0.39 is 0 Å². The highest BCUT2D eigenvalue weighted by Gasteiger charge is 2.23. The minimum atomic E-state index is -0.0237. The molecular formula is C15H14BrNO3S. The summed E-state index contributed by atoms with van der Waals surface area (Å²) in [5, 5.41) is 4.85. The summed E-state index contributed by atoms with van der Waals surface area (Å²) >= 11 is 5.03. The lowest BCUT2D eigenvalue weighted by Gasteiger charge is -2.09. The average Bonchev–Trinajstić information content (AvgIpc) is 3.14. The van der Waals surface area contributed by atoms with Crippen molar-refractivity contribution >= 4 is 38.9 Å². The SMILES string of the molecule is O=C(Cc1cccs1)Nc1ccc(OCC2CO2)c(Br)c1. The second kappa shape index (κ2) is 6.60. The molecule has 3 rings (SSSR count). The van der Waals surface area contributed by atoms with Crippen LogP contribution in [0.2, 0.25) is 0 Å². The molecule has 1 saturated heterocycles. The van der Waals surface area contributed by atoms with Crippen LogP contribution in [0.1, 0.15) is 4.88 Å². The van der Waals surface area contributed by atoms with E-state index in [9.17, 15) is 4.79 Å². The van der Waals surface area contributed by atoms with E-state index >= 15 is 0 Å². The Bertz CT molecular complexity index is 626. The molecule has 6 heteroatoms. The predicted molar refractivity (Wildman–Crippen MR) is 86.0 cm³/mol. The molecule has 1 amide bonds. The summed E-state index contributed by atoms with van der Waals surface area (Å²) in [6.07, 6.45) is 0.620. The van der Waals surface area contributed by atoms with Gasteiger partial charge in [0.2, 0.25) is 5.91 Å². The Balaban J connectivity index is 1.57. The second-order valence-electron chi connectivity index (χ2n) is 4.72. The minimum Gasteiger partial charge on any atom is -0.490 e. The van der Waals surface area contributed by atoms with Crippen molar-refractivity contribution in [1.29, 1.82) is 0 Å². The summed E-state index contributed by atoms with van der Waals surface area (Å²) in [6.45, 7) is 1.33. The number of carbonyl (C=O) groups is 1. The normalized spacial score (nSPS) is 16.5. The summed E-state index contributed by atoms with van der Waals surface area (Å²) in [6, 6.07) is 9.42. The number of thiophene rings is 1. The van der Waals surface area contributed by atoms with Gasteiger partial charge < -0.3 is 14.8 Å². The Morgan fingerprint density at radius 3 is 3.00 bits per heavy atom. The number of hydrogen-bond donors (Lipinski definition) is 1. The summed E-state index contributed by atoms with van der Waals surface area (Å²) in [4.78, 5) is 13.0. The zero-order valence-electron chi connectivity index (χ0n) is 11.2. The maximum atomic E-state index is 11.9. The van der Waals surface area contributed by atoms with Crippen LogP contribution in [0.3, 0.4) is 0 Å². The van der Waals surface area contributed by atoms with E-state index in [1.165, 1.54) is 0 Å². The number of halogens is 1. The van der Waals surface area contributed by atoms with Gasteiger partial charge in [-0.2, -0.15) is 0 Å². The van der Waals surface area contributed by atoms with Crippen LogP contribution in [-0.4, -0.2) is 25.2 Å². The predicted octanol–water partition coefficient (Wildman–Crippen LogP) is 3.47. The van der Waals surface area contributed by atoms with E-state index in [1.54, 1.807) is 11.3 Å². The third-order valence-corrected chi connectivity index (χ3v) is 4.45. The van der Waals surface area contributed by atoms with Crippen LogP contribution in [0, 0.1) is 0 Å². The number of ether oxygens (including phenoxy) is 2. The largest absolute Gasteiger partial charge is 0.490 e. The molecule has 2 heterocycles. The van der Waals surface area contributed by atoms with Gasteiger partial charge in [0.15, 0.2) is 0 Å². The van der Waals surface area contributed by atoms with Crippen molar-refractivity contribution in [2.45, 2.75) is 12.5 Å². The first-order valence-electron chi connectivity index (χ1n) is 6.57. The van der Waals surface area contributed by atoms with Crippen molar-refractivity contribution in [1.82, 2.24) is 0 Å². The van der Waals surface area contributed by atoms with Gasteiger partial charge in [-0.05, 0) is 45.6 Å². The Labute approximate surface area is 135 Å². The van der Waals surface area contributed by atoms with Gasteiger partial charge in [-0.15, -0.1) is 11.3 Å². The van der Waals surface area contributed by atoms with Gasteiger partial charge in [0.05, 0.1) is 17.5 Å². The molecule has 0 radical (unpaired) electrons. The number of hydrogen-bond acceptors (Lipinski definition) is 4. The molecule has 110 valence electrons. The minimum absolute atomic E-state index is 0.0237. The molecule has 1 aromatic heterocycles. The number of anilines is 1. The van der Waals surface area contributed by atoms with E-state index in [2.05, 4.69) is 21.2 Å². The fourth-order valence-electron chi connectivity index (χ4n) is 1.82. The molecular weight excluding hydrogens is 354 g/mol. The highest BCUT2D eigenvalue weighted by atomic mass is 79.9. The summed E-state index contributed by atoms with van der Waals surface area (Å²) in [7, 11) is 0. The van der Waals surface area contributed by atoms with E-state index in [4.69, 9.17) is 9.47 Å². The van der Waals surface area contributed by atoms with E-state index in [0.29, 0.717) is 13.0 Å². The maximum absolute atomic E-state index is 11.9. The zero-order valence-corrected chi connectivity index (χ0v) is 13.6. The average molecular weight is 368 g/mol. The first-order chi connectivity index (χ1) is 10.2. The topological polar surface area (TPSA) is 50.9 Å². The number of rotatable bonds is 6. The van der Waals surface area contributed by atoms with Crippen LogP contribution in [0.5, 0.6) is 5.75 Å².